The molecule has 0 amide bonds. The highest BCUT2D eigenvalue weighted by Crippen LogP contribution is 2.30. The minimum atomic E-state index is -4.42. The number of hydrogen-bond donors (Lipinski definition) is 0. The number of aryl methyl sites for hydroxylation is 2. The summed E-state index contributed by atoms with van der Waals surface area (Å²) in [5, 5.41) is 0. The van der Waals surface area contributed by atoms with E-state index in [9.17, 15) is 22.8 Å². The van der Waals surface area contributed by atoms with Gasteiger partial charge in [-0.2, -0.15) is 18.2 Å². The minimum absolute atomic E-state index is 0.207. The summed E-state index contributed by atoms with van der Waals surface area (Å²) in [6.07, 6.45) is -2.76. The molecule has 0 bridgehead atoms. The first-order chi connectivity index (χ1) is 12.6. The van der Waals surface area contributed by atoms with Gasteiger partial charge >= 0.3 is 11.9 Å². The predicted octanol–water partition coefficient (Wildman–Crippen LogP) is 2.00. The topological polar surface area (TPSA) is 66.2 Å². The van der Waals surface area contributed by atoms with Gasteiger partial charge in [-0.1, -0.05) is 0 Å². The summed E-state index contributed by atoms with van der Waals surface area (Å²) in [4.78, 5) is 29.1. The molecular weight excluding hydrogens is 363 g/mol. The molecule has 7 nitrogen and oxygen atoms in total. The Labute approximate surface area is 149 Å². The molecule has 1 aromatic carbocycles. The van der Waals surface area contributed by atoms with Gasteiger partial charge in [0.2, 0.25) is 5.78 Å². The van der Waals surface area contributed by atoms with Gasteiger partial charge in [-0.05, 0) is 31.2 Å². The number of aromatic nitrogens is 5. The summed E-state index contributed by atoms with van der Waals surface area (Å²) in [7, 11) is 2.88. The fraction of sp³-hybridized carbons (Fsp3) is 0.235. The predicted molar refractivity (Wildman–Crippen MR) is 92.2 cm³/mol. The van der Waals surface area contributed by atoms with Crippen LogP contribution in [0.3, 0.4) is 0 Å². The summed E-state index contributed by atoms with van der Waals surface area (Å²) >= 11 is 0. The summed E-state index contributed by atoms with van der Waals surface area (Å²) in [5.41, 5.74) is -0.183. The van der Waals surface area contributed by atoms with Gasteiger partial charge in [0.1, 0.15) is 0 Å². The van der Waals surface area contributed by atoms with Crippen molar-refractivity contribution in [1.82, 2.24) is 23.1 Å². The second-order valence-electron chi connectivity index (χ2n) is 6.31. The summed E-state index contributed by atoms with van der Waals surface area (Å²) < 4.78 is 43.8. The molecule has 4 aromatic rings. The van der Waals surface area contributed by atoms with Crippen LogP contribution in [-0.4, -0.2) is 23.1 Å². The van der Waals surface area contributed by atoms with E-state index in [0.29, 0.717) is 17.2 Å². The van der Waals surface area contributed by atoms with Crippen LogP contribution in [0.2, 0.25) is 0 Å². The standard InChI is InChI=1S/C17H14F3N5O2/c1-9-8-24-12-13(22(2)16(27)23(3)14(12)26)21-15(24)25(9)11-6-4-10(5-7-11)17(18,19)20/h4-8H,1-3H3. The third kappa shape index (κ3) is 2.32. The van der Waals surface area contributed by atoms with Crippen molar-refractivity contribution in [2.24, 2.45) is 14.1 Å². The van der Waals surface area contributed by atoms with Crippen LogP contribution in [0.15, 0.2) is 40.1 Å². The molecular formula is C17H14F3N5O2. The molecule has 0 aliphatic heterocycles. The molecule has 0 unspecified atom stereocenters. The number of halogens is 3. The van der Waals surface area contributed by atoms with Crippen molar-refractivity contribution in [2.75, 3.05) is 0 Å². The maximum Gasteiger partial charge on any atom is 0.416 e. The van der Waals surface area contributed by atoms with Gasteiger partial charge in [0.15, 0.2) is 11.2 Å². The highest BCUT2D eigenvalue weighted by molar-refractivity contribution is 5.76. The van der Waals surface area contributed by atoms with Crippen molar-refractivity contribution in [3.05, 3.63) is 62.6 Å². The molecule has 0 spiro atoms. The van der Waals surface area contributed by atoms with Gasteiger partial charge in [-0.25, -0.2) is 4.79 Å². The van der Waals surface area contributed by atoms with Gasteiger partial charge < -0.3 is 0 Å². The number of fused-ring (bicyclic) bond motifs is 3. The Morgan fingerprint density at radius 1 is 1.00 bits per heavy atom. The van der Waals surface area contributed by atoms with Crippen LogP contribution in [0.1, 0.15) is 11.3 Å². The van der Waals surface area contributed by atoms with E-state index in [4.69, 9.17) is 0 Å². The van der Waals surface area contributed by atoms with Crippen LogP contribution in [-0.2, 0) is 20.3 Å². The minimum Gasteiger partial charge on any atom is -0.283 e. The SMILES string of the molecule is Cc1cn2c3c(=O)n(C)c(=O)n(C)c3nc2n1-c1ccc(C(F)(F)F)cc1. The second kappa shape index (κ2) is 5.35. The number of imidazole rings is 2. The van der Waals surface area contributed by atoms with E-state index in [1.165, 1.54) is 30.8 Å². The van der Waals surface area contributed by atoms with Crippen LogP contribution in [0.4, 0.5) is 13.2 Å². The number of hydrogen-bond acceptors (Lipinski definition) is 3. The Bertz CT molecular complexity index is 1320. The van der Waals surface area contributed by atoms with Gasteiger partial charge in [-0.3, -0.25) is 22.9 Å². The zero-order valence-electron chi connectivity index (χ0n) is 14.6. The lowest BCUT2D eigenvalue weighted by Gasteiger charge is -2.09. The van der Waals surface area contributed by atoms with E-state index in [0.717, 1.165) is 16.7 Å². The molecule has 4 rings (SSSR count). The monoisotopic (exact) mass is 377 g/mol. The van der Waals surface area contributed by atoms with E-state index in [1.807, 2.05) is 0 Å². The van der Waals surface area contributed by atoms with Gasteiger partial charge in [-0.15, -0.1) is 0 Å². The number of nitrogens with zero attached hydrogens (tertiary/aromatic N) is 5. The fourth-order valence-electron chi connectivity index (χ4n) is 3.20. The van der Waals surface area contributed by atoms with E-state index in [1.54, 1.807) is 22.1 Å². The first-order valence-electron chi connectivity index (χ1n) is 7.95. The highest BCUT2D eigenvalue weighted by Gasteiger charge is 2.30. The van der Waals surface area contributed by atoms with Crippen LogP contribution in [0.5, 0.6) is 0 Å². The average Bonchev–Trinajstić information content (AvgIpc) is 3.12. The number of benzene rings is 1. The molecule has 0 saturated carbocycles. The maximum atomic E-state index is 12.8. The lowest BCUT2D eigenvalue weighted by molar-refractivity contribution is -0.137. The third-order valence-corrected chi connectivity index (χ3v) is 4.59. The largest absolute Gasteiger partial charge is 0.416 e. The Balaban J connectivity index is 2.04. The first kappa shape index (κ1) is 17.1. The van der Waals surface area contributed by atoms with Gasteiger partial charge in [0.05, 0.1) is 5.56 Å². The third-order valence-electron chi connectivity index (χ3n) is 4.59. The lowest BCUT2D eigenvalue weighted by Crippen LogP contribution is -2.37. The number of rotatable bonds is 1. The highest BCUT2D eigenvalue weighted by atomic mass is 19.4. The summed E-state index contributed by atoms with van der Waals surface area (Å²) in [5.74, 6) is 0.334. The van der Waals surface area contributed by atoms with E-state index < -0.39 is 23.0 Å². The van der Waals surface area contributed by atoms with Crippen molar-refractivity contribution in [2.45, 2.75) is 13.1 Å². The van der Waals surface area contributed by atoms with Crippen LogP contribution in [0, 0.1) is 6.92 Å². The quantitative estimate of drug-likeness (QED) is 0.510. The Morgan fingerprint density at radius 2 is 1.63 bits per heavy atom. The second-order valence-corrected chi connectivity index (χ2v) is 6.31. The fourth-order valence-corrected chi connectivity index (χ4v) is 3.20. The number of alkyl halides is 3. The van der Waals surface area contributed by atoms with Crippen molar-refractivity contribution in [3.63, 3.8) is 0 Å². The molecule has 0 radical (unpaired) electrons. The maximum absolute atomic E-state index is 12.8. The normalized spacial score (nSPS) is 12.4. The molecule has 27 heavy (non-hydrogen) atoms. The lowest BCUT2D eigenvalue weighted by atomic mass is 10.2. The average molecular weight is 377 g/mol. The molecule has 0 N–H and O–H groups in total. The summed E-state index contributed by atoms with van der Waals surface area (Å²) in [6.45, 7) is 1.75. The van der Waals surface area contributed by atoms with Crippen LogP contribution < -0.4 is 11.2 Å². The molecule has 140 valence electrons. The van der Waals surface area contributed by atoms with Gasteiger partial charge in [0.25, 0.3) is 5.56 Å². The summed E-state index contributed by atoms with van der Waals surface area (Å²) in [6, 6.07) is 4.66. The van der Waals surface area contributed by atoms with E-state index >= 15 is 0 Å². The molecule has 0 aliphatic rings. The van der Waals surface area contributed by atoms with Crippen molar-refractivity contribution >= 4 is 16.9 Å². The Morgan fingerprint density at radius 3 is 2.22 bits per heavy atom. The van der Waals surface area contributed by atoms with Crippen molar-refractivity contribution in [3.8, 4) is 5.69 Å². The Kier molecular flexibility index (Phi) is 3.39. The molecule has 0 atom stereocenters. The zero-order valence-corrected chi connectivity index (χ0v) is 14.6. The van der Waals surface area contributed by atoms with Crippen molar-refractivity contribution in [1.29, 1.82) is 0 Å². The molecule has 0 fully saturated rings. The molecule has 3 heterocycles. The molecule has 10 heteroatoms. The molecule has 0 saturated heterocycles. The molecule has 0 aliphatic carbocycles. The van der Waals surface area contributed by atoms with E-state index in [-0.39, 0.29) is 11.2 Å². The van der Waals surface area contributed by atoms with Crippen molar-refractivity contribution < 1.29 is 13.2 Å². The van der Waals surface area contributed by atoms with Crippen LogP contribution in [0.25, 0.3) is 22.6 Å². The van der Waals surface area contributed by atoms with Crippen LogP contribution >= 0.6 is 0 Å². The first-order valence-corrected chi connectivity index (χ1v) is 7.95. The van der Waals surface area contributed by atoms with Gasteiger partial charge in [0, 0.05) is 31.7 Å². The molecule has 3 aromatic heterocycles. The van der Waals surface area contributed by atoms with E-state index in [2.05, 4.69) is 4.98 Å². The smallest absolute Gasteiger partial charge is 0.283 e. The Hall–Kier alpha value is -3.30. The zero-order chi connectivity index (χ0) is 19.7.